The summed E-state index contributed by atoms with van der Waals surface area (Å²) in [5, 5.41) is 41.4. The predicted octanol–water partition coefficient (Wildman–Crippen LogP) is -4.51. The second-order valence-electron chi connectivity index (χ2n) is 6.53. The molecule has 0 spiro atoms. The lowest BCUT2D eigenvalue weighted by atomic mass is 10.0. The zero-order chi connectivity index (χ0) is 26.4. The molecule has 7 N–H and O–H groups in total. The summed E-state index contributed by atoms with van der Waals surface area (Å²) >= 11 is 0. The number of hydrogen-bond acceptors (Lipinski definition) is 14. The van der Waals surface area contributed by atoms with Crippen molar-refractivity contribution in [3.63, 3.8) is 0 Å². The molecule has 18 nitrogen and oxygen atoms in total. The van der Waals surface area contributed by atoms with Gasteiger partial charge in [0.25, 0.3) is 0 Å². The molecule has 0 fully saturated rings. The smallest absolute Gasteiger partial charge is 0.397 e. The molecular formula is C14H21NO17S2. The molecule has 20 heteroatoms. The Kier molecular flexibility index (Phi) is 10.4. The second kappa shape index (κ2) is 11.9. The number of aldehydes is 1. The summed E-state index contributed by atoms with van der Waals surface area (Å²) < 4.78 is 79.2. The van der Waals surface area contributed by atoms with E-state index in [0.717, 1.165) is 6.92 Å². The van der Waals surface area contributed by atoms with Crippen LogP contribution in [0.1, 0.15) is 6.92 Å². The van der Waals surface area contributed by atoms with Crippen LogP contribution >= 0.6 is 0 Å². The fourth-order valence-electron chi connectivity index (χ4n) is 2.55. The Balaban J connectivity index is 3.37. The number of hydrogen-bond donors (Lipinski definition) is 7. The number of carbonyl (C=O) groups is 3. The lowest BCUT2D eigenvalue weighted by Gasteiger charge is -2.38. The van der Waals surface area contributed by atoms with Crippen molar-refractivity contribution < 1.29 is 78.6 Å². The Labute approximate surface area is 191 Å². The van der Waals surface area contributed by atoms with Crippen molar-refractivity contribution in [3.05, 3.63) is 11.8 Å². The molecule has 1 heterocycles. The van der Waals surface area contributed by atoms with Gasteiger partial charge in [0.15, 0.2) is 6.10 Å². The highest BCUT2D eigenvalue weighted by Crippen LogP contribution is 2.26. The van der Waals surface area contributed by atoms with Gasteiger partial charge in [-0.25, -0.2) is 13.2 Å². The van der Waals surface area contributed by atoms with Crippen molar-refractivity contribution in [2.75, 3.05) is 6.61 Å². The van der Waals surface area contributed by atoms with Crippen LogP contribution in [0.25, 0.3) is 0 Å². The SMILES string of the molecule is CC(=O)N[C@@H](C=O)[C@@H](O[C@@H]1OC(C(=O)O)=C[C@H](O)[C@H]1OS(=O)(=O)O)[C@@H](O)[C@H](O)COS(=O)(=O)O. The van der Waals surface area contributed by atoms with Crippen LogP contribution in [0, 0.1) is 0 Å². The minimum Gasteiger partial charge on any atom is -0.475 e. The number of ether oxygens (including phenoxy) is 2. The molecule has 0 saturated heterocycles. The van der Waals surface area contributed by atoms with E-state index in [1.807, 2.05) is 5.32 Å². The minimum atomic E-state index is -5.33. The average Bonchev–Trinajstić information content (AvgIpc) is 2.68. The van der Waals surface area contributed by atoms with Crippen LogP contribution in [0.5, 0.6) is 0 Å². The summed E-state index contributed by atoms with van der Waals surface area (Å²) in [6.45, 7) is -0.404. The fourth-order valence-corrected chi connectivity index (χ4v) is 3.34. The van der Waals surface area contributed by atoms with Crippen LogP contribution in [0.2, 0.25) is 0 Å². The largest absolute Gasteiger partial charge is 0.475 e. The molecule has 1 rings (SSSR count). The highest BCUT2D eigenvalue weighted by molar-refractivity contribution is 7.81. The van der Waals surface area contributed by atoms with E-state index in [-0.39, 0.29) is 6.29 Å². The van der Waals surface area contributed by atoms with Crippen LogP contribution in [-0.2, 0) is 53.0 Å². The predicted molar refractivity (Wildman–Crippen MR) is 101 cm³/mol. The van der Waals surface area contributed by atoms with Gasteiger partial charge in [0, 0.05) is 6.92 Å². The Bertz CT molecular complexity index is 992. The Morgan fingerprint density at radius 3 is 2.24 bits per heavy atom. The van der Waals surface area contributed by atoms with Gasteiger partial charge in [-0.15, -0.1) is 0 Å². The monoisotopic (exact) mass is 539 g/mol. The van der Waals surface area contributed by atoms with E-state index in [2.05, 4.69) is 8.37 Å². The van der Waals surface area contributed by atoms with Crippen LogP contribution in [0.15, 0.2) is 11.8 Å². The highest BCUT2D eigenvalue weighted by Gasteiger charge is 2.45. The third kappa shape index (κ3) is 9.54. The van der Waals surface area contributed by atoms with Crippen molar-refractivity contribution >= 4 is 39.0 Å². The normalized spacial score (nSPS) is 24.6. The van der Waals surface area contributed by atoms with E-state index in [0.29, 0.717) is 6.08 Å². The standard InChI is InChI=1S/C14H21NO17S2/c1-5(17)15-6(3-16)11(10(20)8(19)4-29-33(23,24)25)31-14-12(32-34(26,27)28)7(18)2-9(30-14)13(21)22/h2-3,6-8,10-12,14,18-20H,4H2,1H3,(H,15,17)(H,21,22)(H,23,24,25)(H,26,27,28)/t6-,7-,8+,10-,11+,12+,14-/m0/s1. The first-order valence-electron chi connectivity index (χ1n) is 8.76. The van der Waals surface area contributed by atoms with Gasteiger partial charge in [-0.2, -0.15) is 16.8 Å². The van der Waals surface area contributed by atoms with Gasteiger partial charge in [-0.1, -0.05) is 0 Å². The molecule has 1 aliphatic heterocycles. The maximum Gasteiger partial charge on any atom is 0.397 e. The molecule has 0 saturated carbocycles. The van der Waals surface area contributed by atoms with Gasteiger partial charge in [-0.3, -0.25) is 13.9 Å². The number of aliphatic hydroxyl groups excluding tert-OH is 3. The topological polar surface area (TPSA) is 290 Å². The van der Waals surface area contributed by atoms with Gasteiger partial charge in [0.1, 0.15) is 36.7 Å². The summed E-state index contributed by atoms with van der Waals surface area (Å²) in [5.74, 6) is -3.73. The van der Waals surface area contributed by atoms with Crippen LogP contribution in [-0.4, -0.2) is 114 Å². The molecule has 0 aromatic rings. The minimum absolute atomic E-state index is 0.0441. The number of carbonyl (C=O) groups excluding carboxylic acids is 2. The average molecular weight is 539 g/mol. The third-order valence-corrected chi connectivity index (χ3v) is 4.79. The zero-order valence-electron chi connectivity index (χ0n) is 16.9. The Morgan fingerprint density at radius 2 is 1.79 bits per heavy atom. The first kappa shape index (κ1) is 29.8. The number of carboxylic acid groups (broad SMARTS) is 1. The first-order chi connectivity index (χ1) is 15.4. The summed E-state index contributed by atoms with van der Waals surface area (Å²) in [6.07, 6.45) is -13.1. The van der Waals surface area contributed by atoms with Crippen LogP contribution < -0.4 is 5.32 Å². The fraction of sp³-hybridized carbons (Fsp3) is 0.643. The molecular weight excluding hydrogens is 518 g/mol. The van der Waals surface area contributed by atoms with Gasteiger partial charge < -0.3 is 40.0 Å². The summed E-state index contributed by atoms with van der Waals surface area (Å²) in [7, 11) is -10.4. The molecule has 0 bridgehead atoms. The van der Waals surface area contributed by atoms with Crippen molar-refractivity contribution in [2.24, 2.45) is 0 Å². The van der Waals surface area contributed by atoms with Crippen molar-refractivity contribution in [1.82, 2.24) is 5.32 Å². The Hall–Kier alpha value is -2.27. The van der Waals surface area contributed by atoms with Gasteiger partial charge in [-0.05, 0) is 6.08 Å². The second-order valence-corrected chi connectivity index (χ2v) is 8.67. The van der Waals surface area contributed by atoms with Crippen molar-refractivity contribution in [3.8, 4) is 0 Å². The first-order valence-corrected chi connectivity index (χ1v) is 11.5. The van der Waals surface area contributed by atoms with E-state index < -0.39 is 87.9 Å². The molecule has 0 aromatic carbocycles. The summed E-state index contributed by atoms with van der Waals surface area (Å²) in [6, 6.07) is -1.89. The van der Waals surface area contributed by atoms with Gasteiger partial charge in [0.2, 0.25) is 18.0 Å². The highest BCUT2D eigenvalue weighted by atomic mass is 32.3. The zero-order valence-corrected chi connectivity index (χ0v) is 18.5. The number of rotatable bonds is 13. The van der Waals surface area contributed by atoms with Gasteiger partial charge >= 0.3 is 26.8 Å². The lowest BCUT2D eigenvalue weighted by molar-refractivity contribution is -0.243. The summed E-state index contributed by atoms with van der Waals surface area (Å²) in [5.41, 5.74) is 0. The van der Waals surface area contributed by atoms with Crippen molar-refractivity contribution in [2.45, 2.75) is 49.8 Å². The molecule has 1 aliphatic rings. The number of aliphatic carboxylic acids is 1. The van der Waals surface area contributed by atoms with E-state index >= 15 is 0 Å². The van der Waals surface area contributed by atoms with E-state index in [4.69, 9.17) is 23.7 Å². The number of amides is 1. The maximum absolute atomic E-state index is 11.5. The maximum atomic E-state index is 11.5. The molecule has 0 aliphatic carbocycles. The quantitative estimate of drug-likeness (QED) is 0.0856. The van der Waals surface area contributed by atoms with Crippen molar-refractivity contribution in [1.29, 1.82) is 0 Å². The molecule has 0 radical (unpaired) electrons. The van der Waals surface area contributed by atoms with E-state index in [1.165, 1.54) is 0 Å². The van der Waals surface area contributed by atoms with Crippen LogP contribution in [0.3, 0.4) is 0 Å². The molecule has 7 atom stereocenters. The molecule has 0 unspecified atom stereocenters. The van der Waals surface area contributed by atoms with Crippen LogP contribution in [0.4, 0.5) is 0 Å². The number of nitrogens with one attached hydrogen (secondary N) is 1. The molecule has 34 heavy (non-hydrogen) atoms. The molecule has 196 valence electrons. The molecule has 1 amide bonds. The Morgan fingerprint density at radius 1 is 1.21 bits per heavy atom. The lowest BCUT2D eigenvalue weighted by Crippen LogP contribution is -2.58. The summed E-state index contributed by atoms with van der Waals surface area (Å²) in [4.78, 5) is 34.1. The third-order valence-electron chi connectivity index (χ3n) is 3.89. The van der Waals surface area contributed by atoms with E-state index in [1.54, 1.807) is 0 Å². The van der Waals surface area contributed by atoms with E-state index in [9.17, 15) is 46.5 Å². The number of aliphatic hydroxyl groups is 3. The molecule has 0 aromatic heterocycles. The van der Waals surface area contributed by atoms with Gasteiger partial charge in [0.05, 0.1) is 6.61 Å². The number of carboxylic acids is 1.